The second-order valence-electron chi connectivity index (χ2n) is 34.0. The van der Waals surface area contributed by atoms with E-state index >= 15 is 0 Å². The van der Waals surface area contributed by atoms with Crippen LogP contribution in [0.15, 0.2) is 0 Å². The Hall–Kier alpha value is -3.91. The molecule has 0 bridgehead atoms. The average Bonchev–Trinajstić information content (AvgIpc) is 0.757. The zero-order valence-electron chi connectivity index (χ0n) is 70.4. The first-order valence-electron chi connectivity index (χ1n) is 42.2. The van der Waals surface area contributed by atoms with Crippen LogP contribution in [0.5, 0.6) is 0 Å². The second kappa shape index (κ2) is 47.5. The van der Waals surface area contributed by atoms with Gasteiger partial charge in [-0.2, -0.15) is 0 Å². The van der Waals surface area contributed by atoms with Gasteiger partial charge in [-0.15, -0.1) is 0 Å². The van der Waals surface area contributed by atoms with Crippen LogP contribution in [0, 0.1) is 0 Å². The molecule has 0 aliphatic carbocycles. The summed E-state index contributed by atoms with van der Waals surface area (Å²) in [5.74, 6) is -9.73. The molecule has 790 valence electrons. The minimum Gasteiger partial charge on any atom is -0.479 e. The van der Waals surface area contributed by atoms with E-state index < -0.39 is 445 Å². The second-order valence-corrected chi connectivity index (χ2v) is 34.0. The van der Waals surface area contributed by atoms with Gasteiger partial charge in [-0.25, -0.2) is 14.4 Å². The van der Waals surface area contributed by atoms with Gasteiger partial charge in [0.15, 0.2) is 75.1 Å². The fourth-order valence-electron chi connectivity index (χ4n) is 16.9. The first-order chi connectivity index (χ1) is 64.0. The van der Waals surface area contributed by atoms with Crippen LogP contribution in [0.3, 0.4) is 0 Å². The molecule has 0 amide bonds. The Balaban J connectivity index is 0.887. The van der Waals surface area contributed by atoms with Crippen molar-refractivity contribution in [1.82, 2.24) is 0 Å². The summed E-state index contributed by atoms with van der Waals surface area (Å²) >= 11 is 0. The Morgan fingerprint density at radius 2 is 0.632 bits per heavy atom. The van der Waals surface area contributed by atoms with Crippen LogP contribution < -0.4 is 5.73 Å². The number of nitrogens with two attached hydrogens (primary N) is 1. The summed E-state index contributed by atoms with van der Waals surface area (Å²) < 4.78 is 119. The molecule has 0 radical (unpaired) electrons. The maximum atomic E-state index is 13.7. The lowest BCUT2D eigenvalue weighted by molar-refractivity contribution is -0.405. The van der Waals surface area contributed by atoms with Crippen LogP contribution in [0.25, 0.3) is 0 Å². The Bertz CT molecular complexity index is 3720. The molecule has 11 aliphatic rings. The van der Waals surface area contributed by atoms with Gasteiger partial charge in [0.2, 0.25) is 0 Å². The Labute approximate surface area is 762 Å². The molecular weight excluding hydrogens is 1890 g/mol. The molecule has 0 aromatic heterocycles. The van der Waals surface area contributed by atoms with Gasteiger partial charge in [-0.05, 0) is 0 Å². The molecule has 0 aromatic rings. The highest BCUT2D eigenvalue weighted by atomic mass is 16.8. The third-order valence-corrected chi connectivity index (χ3v) is 24.8. The molecule has 1 unspecified atom stereocenters. The number of carbonyl (C=O) groups is 3. The molecule has 0 saturated carbocycles. The van der Waals surface area contributed by atoms with Gasteiger partial charge in [-0.3, -0.25) is 0 Å². The number of carboxylic acid groups (broad SMARTS) is 3. The lowest BCUT2D eigenvalue weighted by Gasteiger charge is -2.51. The van der Waals surface area contributed by atoms with E-state index in [2.05, 4.69) is 0 Å². The summed E-state index contributed by atoms with van der Waals surface area (Å²) in [6.07, 6.45) is -138. The van der Waals surface area contributed by atoms with E-state index in [1.165, 1.54) is 0 Å². The van der Waals surface area contributed by atoms with Gasteiger partial charge in [0.05, 0.1) is 71.6 Å². The highest BCUT2D eigenvalue weighted by Gasteiger charge is 2.65. The first-order valence-corrected chi connectivity index (χ1v) is 42.2. The summed E-state index contributed by atoms with van der Waals surface area (Å²) in [6, 6.07) is -2.17. The van der Waals surface area contributed by atoms with Crippen molar-refractivity contribution in [2.24, 2.45) is 5.73 Å². The number of aliphatic hydroxyl groups excluding tert-OH is 35. The van der Waals surface area contributed by atoms with E-state index in [1.54, 1.807) is 0 Å². The topological polar surface area (TPSA) is 1060 Å². The lowest BCUT2D eigenvalue weighted by Crippen LogP contribution is -2.70. The van der Waals surface area contributed by atoms with Crippen molar-refractivity contribution in [3.63, 3.8) is 0 Å². The first kappa shape index (κ1) is 112. The van der Waals surface area contributed by atoms with Crippen molar-refractivity contribution < 1.29 is 313 Å². The molecule has 11 rings (SSSR count). The third-order valence-electron chi connectivity index (χ3n) is 24.8. The lowest BCUT2D eigenvalue weighted by atomic mass is 9.91. The van der Waals surface area contributed by atoms with Crippen molar-refractivity contribution in [2.75, 3.05) is 59.5 Å². The van der Waals surface area contributed by atoms with Gasteiger partial charge in [0, 0.05) is 6.42 Å². The molecule has 64 nitrogen and oxygen atoms in total. The van der Waals surface area contributed by atoms with Crippen molar-refractivity contribution in [2.45, 2.75) is 368 Å². The summed E-state index contributed by atoms with van der Waals surface area (Å²) in [4.78, 5) is 37.9. The predicted molar refractivity (Wildman–Crippen MR) is 401 cm³/mol. The average molecular weight is 2010 g/mol. The number of rotatable bonds is 37. The fourth-order valence-corrected chi connectivity index (χ4v) is 16.9. The maximum Gasteiger partial charge on any atom is 0.364 e. The van der Waals surface area contributed by atoms with Crippen molar-refractivity contribution in [3.05, 3.63) is 0 Å². The molecule has 41 N–H and O–H groups in total. The van der Waals surface area contributed by atoms with Crippen molar-refractivity contribution in [1.29, 1.82) is 0 Å². The minimum atomic E-state index is -3.35. The van der Waals surface area contributed by atoms with Gasteiger partial charge < -0.3 is 304 Å². The van der Waals surface area contributed by atoms with Crippen LogP contribution in [0.1, 0.15) is 6.42 Å². The minimum absolute atomic E-state index is 0.913. The smallest absolute Gasteiger partial charge is 0.364 e. The molecule has 11 aliphatic heterocycles. The fraction of sp³-hybridized carbons (Fsp3) is 0.958. The number of hydrogen-bond donors (Lipinski definition) is 40. The summed E-state index contributed by atoms with van der Waals surface area (Å²) in [6.45, 7) is -11.3. The largest absolute Gasteiger partial charge is 0.479 e. The summed E-state index contributed by atoms with van der Waals surface area (Å²) in [7, 11) is 0. The van der Waals surface area contributed by atoms with Crippen LogP contribution in [0.4, 0.5) is 0 Å². The van der Waals surface area contributed by atoms with E-state index in [4.69, 9.17) is 105 Å². The SMILES string of the molecule is N[C@H]1[C@@H](O[C@@H]2[C@H](O)[C@@H](O[C@H]3O[C@H](C(O)CO)[C@@H](O)[C@H](O)[C@@H]3O)[C@H](O[C@@H]3[C@H](O)[C@@H](OC[C@H](O)[C@H]4O[C@H](O[C@@H]5[C@H](O)[C@@H](O[C@@H]6[C@@H]([C@H](O)CO)O[C@@](O)(C(=O)O)C[C@H]6O)O[C@H]([C@@H](O)CO)[C@H]5O[C@@H]5O[C@H](CO)[C@@H](O)[C@H](O)[C@H]5O)[C@@H](O)[C@@H](O)[C@@H]4O)O[C@H]([C@H](O)CO[C@@H]4O[C@H](C(=O)O)[C@H](O)[C@H](O)[C@H]4O)[C@H]3O)O[C@@H]2C(=O)O)O[C@H](CO)[C@@H](O[C@H]2O[C@H](CO[C@H]3O[C@H](CO)[C@H](O)[C@H](O)[C@H]3O)[C@@H](O)[C@H](O)[C@H]2O)[C@@H]1O. The van der Waals surface area contributed by atoms with Crippen LogP contribution in [0.2, 0.25) is 0 Å². The molecule has 59 atom stereocenters. The monoisotopic (exact) mass is 2010 g/mol. The van der Waals surface area contributed by atoms with Gasteiger partial charge in [0.1, 0.15) is 269 Å². The molecular formula is C72H119NO63. The highest BCUT2D eigenvalue weighted by Crippen LogP contribution is 2.43. The number of aliphatic carboxylic acids is 3. The highest BCUT2D eigenvalue weighted by molar-refractivity contribution is 5.75. The van der Waals surface area contributed by atoms with Crippen LogP contribution >= 0.6 is 0 Å². The van der Waals surface area contributed by atoms with Gasteiger partial charge in [0.25, 0.3) is 5.79 Å². The van der Waals surface area contributed by atoms with E-state index in [0.29, 0.717) is 0 Å². The number of hydrogen-bond acceptors (Lipinski definition) is 61. The maximum absolute atomic E-state index is 13.7. The molecule has 11 heterocycles. The Morgan fingerprint density at radius 1 is 0.287 bits per heavy atom. The zero-order chi connectivity index (χ0) is 101. The molecule has 64 heteroatoms. The standard InChI is InChI=1S/C72H119NO63/c73-21-25(89)51(128-66-38(102)28(92)24(88)20(122-66)10-118-62-35(99)26(90)22(86)17(5-77)119-62)19(7-79)121-61(21)130-53-42(106)56(133-68-40(104)29(93)32(96)45(124-68)12(81)2-74)70(135-58(53)60(111)112)129-52-41(105)47(16(85)9-116-63-36(100)31(95)34(98)55(132-63)59(109)110)123-64(43(52)107)117-8-15(84)46-33(97)30(94)39(103)67(125-46)131-54-44(108)69(126-48-11(80)1-72(115,71(113)114)136-50(48)14(83)4-76)127-49(13(82)3-75)57(54)134-65-37(101)27(91)23(87)18(6-78)120-65/h11-58,61-70,74-108,115H,1-10,73H2,(H,109,110)(H,111,112)(H,113,114)/t11-,12?,13+,14-,15+,16-,17-,18-,19-,20-,21-,22+,23-,24-,25-,26+,27+,28+,29+,30+,31+,32+,33+,34-,35-,36-,37-,38-,39+,40+,41-,42+,43+,44+,45-,46-,47-,48+,49-,50-,51-,52+,53-,54-,55+,56-,57-,58+,61-,62+,63-,64+,65+,66-,67-,68-,69+,70-,72-/m1/s1. The molecule has 0 spiro atoms. The van der Waals surface area contributed by atoms with E-state index in [1.807, 2.05) is 0 Å². The van der Waals surface area contributed by atoms with Crippen molar-refractivity contribution in [3.8, 4) is 0 Å². The summed E-state index contributed by atoms with van der Waals surface area (Å²) in [5.41, 5.74) is 6.43. The normalized spacial score (nSPS) is 50.6. The van der Waals surface area contributed by atoms with Crippen LogP contribution in [-0.2, 0) is 114 Å². The summed E-state index contributed by atoms with van der Waals surface area (Å²) in [5, 5.41) is 429. The molecule has 0 aromatic carbocycles. The van der Waals surface area contributed by atoms with E-state index in [9.17, 15) is 214 Å². The Kier molecular flexibility index (Phi) is 39.3. The van der Waals surface area contributed by atoms with Crippen LogP contribution in [-0.4, -0.2) is 638 Å². The molecule has 11 saturated heterocycles. The zero-order valence-corrected chi connectivity index (χ0v) is 70.4. The number of aliphatic hydroxyl groups is 36. The van der Waals surface area contributed by atoms with E-state index in [0.717, 1.165) is 0 Å². The number of carboxylic acids is 3. The van der Waals surface area contributed by atoms with E-state index in [-0.39, 0.29) is 0 Å². The van der Waals surface area contributed by atoms with Crippen molar-refractivity contribution >= 4 is 17.9 Å². The Morgan fingerprint density at radius 3 is 1.13 bits per heavy atom. The number of ether oxygens (including phenoxy) is 21. The molecule has 11 fully saturated rings. The van der Waals surface area contributed by atoms with Gasteiger partial charge >= 0.3 is 17.9 Å². The van der Waals surface area contributed by atoms with Gasteiger partial charge in [-0.1, -0.05) is 0 Å². The molecule has 136 heavy (non-hydrogen) atoms. The predicted octanol–water partition coefficient (Wildman–Crippen LogP) is -27.5. The third kappa shape index (κ3) is 23.6. The quantitative estimate of drug-likeness (QED) is 0.0275.